The van der Waals surface area contributed by atoms with Crippen molar-refractivity contribution in [2.45, 2.75) is 26.2 Å². The molecule has 0 radical (unpaired) electrons. The van der Waals surface area contributed by atoms with Crippen LogP contribution < -0.4 is 5.73 Å². The highest BCUT2D eigenvalue weighted by Crippen LogP contribution is 2.26. The molecule has 1 aromatic rings. The molecule has 1 rings (SSSR count). The van der Waals surface area contributed by atoms with Crippen LogP contribution in [0.4, 0.5) is 5.69 Å². The number of anilines is 1. The maximum absolute atomic E-state index is 11.1. The fraction of sp³-hybridized carbons (Fsp3) is 0.417. The number of rotatable bonds is 3. The highest BCUT2D eigenvalue weighted by atomic mass is 16.5. The van der Waals surface area contributed by atoms with Crippen LogP contribution in [0.1, 0.15) is 30.4 Å². The standard InChI is InChI=1S/C12H17NO2/c1-8(7-12(14)15-3)10-5-4-6-11(13)9(10)2/h4-6,8H,7,13H2,1-3H3. The van der Waals surface area contributed by atoms with Crippen molar-refractivity contribution in [1.29, 1.82) is 0 Å². The van der Waals surface area contributed by atoms with Gasteiger partial charge in [-0.05, 0) is 30.0 Å². The van der Waals surface area contributed by atoms with Crippen LogP contribution in [0.5, 0.6) is 0 Å². The van der Waals surface area contributed by atoms with E-state index in [1.165, 1.54) is 7.11 Å². The Bertz CT molecular complexity index is 361. The van der Waals surface area contributed by atoms with Gasteiger partial charge in [0.25, 0.3) is 0 Å². The Hall–Kier alpha value is -1.51. The summed E-state index contributed by atoms with van der Waals surface area (Å²) >= 11 is 0. The molecular formula is C12H17NO2. The van der Waals surface area contributed by atoms with Crippen molar-refractivity contribution in [2.75, 3.05) is 12.8 Å². The molecular weight excluding hydrogens is 190 g/mol. The van der Waals surface area contributed by atoms with Gasteiger partial charge in [-0.1, -0.05) is 19.1 Å². The monoisotopic (exact) mass is 207 g/mol. The van der Waals surface area contributed by atoms with Gasteiger partial charge in [0.15, 0.2) is 0 Å². The molecule has 0 aliphatic rings. The van der Waals surface area contributed by atoms with Gasteiger partial charge in [0.1, 0.15) is 0 Å². The molecule has 0 aliphatic heterocycles. The van der Waals surface area contributed by atoms with Crippen molar-refractivity contribution in [2.24, 2.45) is 0 Å². The lowest BCUT2D eigenvalue weighted by molar-refractivity contribution is -0.140. The van der Waals surface area contributed by atoms with Crippen molar-refractivity contribution in [3.8, 4) is 0 Å². The van der Waals surface area contributed by atoms with E-state index in [0.29, 0.717) is 6.42 Å². The van der Waals surface area contributed by atoms with Crippen LogP contribution in [0.25, 0.3) is 0 Å². The normalized spacial score (nSPS) is 12.2. The molecule has 3 heteroatoms. The Morgan fingerprint density at radius 3 is 2.80 bits per heavy atom. The van der Waals surface area contributed by atoms with Gasteiger partial charge in [-0.25, -0.2) is 0 Å². The Labute approximate surface area is 90.2 Å². The summed E-state index contributed by atoms with van der Waals surface area (Å²) in [6.07, 6.45) is 0.390. The van der Waals surface area contributed by atoms with E-state index >= 15 is 0 Å². The first-order chi connectivity index (χ1) is 7.06. The van der Waals surface area contributed by atoms with Gasteiger partial charge in [0.05, 0.1) is 13.5 Å². The molecule has 15 heavy (non-hydrogen) atoms. The molecule has 0 saturated carbocycles. The Balaban J connectivity index is 2.86. The highest BCUT2D eigenvalue weighted by Gasteiger charge is 2.14. The summed E-state index contributed by atoms with van der Waals surface area (Å²) in [6, 6.07) is 5.77. The van der Waals surface area contributed by atoms with Gasteiger partial charge in [-0.2, -0.15) is 0 Å². The van der Waals surface area contributed by atoms with Gasteiger partial charge in [0.2, 0.25) is 0 Å². The van der Waals surface area contributed by atoms with Crippen LogP contribution >= 0.6 is 0 Å². The van der Waals surface area contributed by atoms with Crippen molar-refractivity contribution in [3.63, 3.8) is 0 Å². The average molecular weight is 207 g/mol. The maximum atomic E-state index is 11.1. The zero-order valence-corrected chi connectivity index (χ0v) is 9.41. The zero-order chi connectivity index (χ0) is 11.4. The Kier molecular flexibility index (Phi) is 3.72. The first-order valence-electron chi connectivity index (χ1n) is 4.98. The van der Waals surface area contributed by atoms with Crippen LogP contribution in [0.15, 0.2) is 18.2 Å². The van der Waals surface area contributed by atoms with Crippen molar-refractivity contribution in [3.05, 3.63) is 29.3 Å². The first-order valence-corrected chi connectivity index (χ1v) is 4.98. The molecule has 1 atom stereocenters. The molecule has 0 heterocycles. The second kappa shape index (κ2) is 4.82. The Morgan fingerprint density at radius 1 is 1.53 bits per heavy atom. The lowest BCUT2D eigenvalue weighted by Crippen LogP contribution is -2.07. The summed E-state index contributed by atoms with van der Waals surface area (Å²) in [5.41, 5.74) is 8.73. The fourth-order valence-corrected chi connectivity index (χ4v) is 1.65. The third kappa shape index (κ3) is 2.72. The number of hydrogen-bond acceptors (Lipinski definition) is 3. The van der Waals surface area contributed by atoms with Gasteiger partial charge < -0.3 is 10.5 Å². The number of nitrogen functional groups attached to an aromatic ring is 1. The third-order valence-electron chi connectivity index (χ3n) is 2.65. The number of nitrogens with two attached hydrogens (primary N) is 1. The number of carbonyl (C=O) groups is 1. The van der Waals surface area contributed by atoms with Crippen molar-refractivity contribution < 1.29 is 9.53 Å². The summed E-state index contributed by atoms with van der Waals surface area (Å²) in [5, 5.41) is 0. The lowest BCUT2D eigenvalue weighted by Gasteiger charge is -2.14. The Morgan fingerprint density at radius 2 is 2.20 bits per heavy atom. The van der Waals surface area contributed by atoms with Gasteiger partial charge in [0, 0.05) is 5.69 Å². The van der Waals surface area contributed by atoms with E-state index in [0.717, 1.165) is 16.8 Å². The number of esters is 1. The largest absolute Gasteiger partial charge is 0.469 e. The van der Waals surface area contributed by atoms with E-state index in [9.17, 15) is 4.79 Å². The van der Waals surface area contributed by atoms with Crippen LogP contribution in [-0.2, 0) is 9.53 Å². The summed E-state index contributed by atoms with van der Waals surface area (Å²) in [4.78, 5) is 11.1. The molecule has 0 bridgehead atoms. The van der Waals surface area contributed by atoms with E-state index in [2.05, 4.69) is 4.74 Å². The molecule has 1 unspecified atom stereocenters. The molecule has 3 nitrogen and oxygen atoms in total. The smallest absolute Gasteiger partial charge is 0.306 e. The lowest BCUT2D eigenvalue weighted by atomic mass is 9.93. The molecule has 1 aromatic carbocycles. The average Bonchev–Trinajstić information content (AvgIpc) is 2.21. The molecule has 2 N–H and O–H groups in total. The quantitative estimate of drug-likeness (QED) is 0.611. The number of ether oxygens (including phenoxy) is 1. The maximum Gasteiger partial charge on any atom is 0.306 e. The first kappa shape index (κ1) is 11.6. The van der Waals surface area contributed by atoms with E-state index in [4.69, 9.17) is 5.73 Å². The van der Waals surface area contributed by atoms with Crippen LogP contribution in [0.3, 0.4) is 0 Å². The number of benzene rings is 1. The molecule has 0 fully saturated rings. The van der Waals surface area contributed by atoms with Crippen molar-refractivity contribution in [1.82, 2.24) is 0 Å². The SMILES string of the molecule is COC(=O)CC(C)c1cccc(N)c1C. The summed E-state index contributed by atoms with van der Waals surface area (Å²) < 4.78 is 4.64. The van der Waals surface area contributed by atoms with Crippen LogP contribution in [0.2, 0.25) is 0 Å². The van der Waals surface area contributed by atoms with Crippen molar-refractivity contribution >= 4 is 11.7 Å². The van der Waals surface area contributed by atoms with E-state index in [1.807, 2.05) is 32.0 Å². The predicted molar refractivity (Wildman–Crippen MR) is 60.6 cm³/mol. The summed E-state index contributed by atoms with van der Waals surface area (Å²) in [6.45, 7) is 3.97. The molecule has 0 amide bonds. The number of hydrogen-bond donors (Lipinski definition) is 1. The van der Waals surface area contributed by atoms with Crippen LogP contribution in [0, 0.1) is 6.92 Å². The van der Waals surface area contributed by atoms with E-state index in [-0.39, 0.29) is 11.9 Å². The van der Waals surface area contributed by atoms with Crippen LogP contribution in [-0.4, -0.2) is 13.1 Å². The minimum atomic E-state index is -0.190. The van der Waals surface area contributed by atoms with Gasteiger partial charge >= 0.3 is 5.97 Å². The number of carbonyl (C=O) groups excluding carboxylic acids is 1. The topological polar surface area (TPSA) is 52.3 Å². The zero-order valence-electron chi connectivity index (χ0n) is 9.41. The minimum Gasteiger partial charge on any atom is -0.469 e. The second-order valence-electron chi connectivity index (χ2n) is 3.74. The summed E-state index contributed by atoms with van der Waals surface area (Å²) in [7, 11) is 1.40. The fourth-order valence-electron chi connectivity index (χ4n) is 1.65. The minimum absolute atomic E-state index is 0.140. The third-order valence-corrected chi connectivity index (χ3v) is 2.65. The molecule has 0 spiro atoms. The summed E-state index contributed by atoms with van der Waals surface area (Å²) in [5.74, 6) is -0.0507. The van der Waals surface area contributed by atoms with E-state index in [1.54, 1.807) is 0 Å². The molecule has 0 saturated heterocycles. The number of methoxy groups -OCH3 is 1. The second-order valence-corrected chi connectivity index (χ2v) is 3.74. The highest BCUT2D eigenvalue weighted by molar-refractivity contribution is 5.70. The molecule has 82 valence electrons. The predicted octanol–water partition coefficient (Wildman–Crippen LogP) is 2.24. The van der Waals surface area contributed by atoms with Gasteiger partial charge in [-0.3, -0.25) is 4.79 Å². The van der Waals surface area contributed by atoms with Gasteiger partial charge in [-0.15, -0.1) is 0 Å². The molecule has 0 aromatic heterocycles. The molecule has 0 aliphatic carbocycles. The van der Waals surface area contributed by atoms with E-state index < -0.39 is 0 Å².